The fraction of sp³-hybridized carbons (Fsp3) is 0.176. The quantitative estimate of drug-likeness (QED) is 0.816. The number of hydrogen-bond acceptors (Lipinski definition) is 3. The van der Waals surface area contributed by atoms with Gasteiger partial charge in [-0.15, -0.1) is 0 Å². The summed E-state index contributed by atoms with van der Waals surface area (Å²) < 4.78 is 29.2. The van der Waals surface area contributed by atoms with Crippen LogP contribution in [0.15, 0.2) is 48.5 Å². The van der Waals surface area contributed by atoms with E-state index in [0.717, 1.165) is 0 Å². The van der Waals surface area contributed by atoms with E-state index >= 15 is 0 Å². The molecule has 2 aromatic carbocycles. The predicted molar refractivity (Wildman–Crippen MR) is 82.5 cm³/mol. The van der Waals surface area contributed by atoms with E-state index in [-0.39, 0.29) is 23.4 Å². The molecule has 0 fully saturated rings. The molecule has 24 heavy (non-hydrogen) atoms. The lowest BCUT2D eigenvalue weighted by atomic mass is 10.1. The standard InChI is InChI=1S/C17H15F2NO4/c18-15(19)10-24-14-6-1-3-11(7-14)9-20-16(21)12-4-2-5-13(8-12)17(22)23/h1-8,15H,9-10H2,(H,20,21)(H,22,23). The summed E-state index contributed by atoms with van der Waals surface area (Å²) in [6.45, 7) is -0.542. The van der Waals surface area contributed by atoms with Crippen molar-refractivity contribution in [2.24, 2.45) is 0 Å². The van der Waals surface area contributed by atoms with E-state index < -0.39 is 24.9 Å². The third kappa shape index (κ3) is 5.05. The monoisotopic (exact) mass is 335 g/mol. The van der Waals surface area contributed by atoms with Crippen molar-refractivity contribution in [1.29, 1.82) is 0 Å². The molecule has 0 bridgehead atoms. The minimum atomic E-state index is -2.56. The second-order valence-electron chi connectivity index (χ2n) is 4.92. The average Bonchev–Trinajstić information content (AvgIpc) is 2.58. The summed E-state index contributed by atoms with van der Waals surface area (Å²) in [5.41, 5.74) is 0.912. The Morgan fingerprint density at radius 1 is 1.08 bits per heavy atom. The van der Waals surface area contributed by atoms with E-state index in [0.29, 0.717) is 5.56 Å². The highest BCUT2D eigenvalue weighted by molar-refractivity contribution is 5.97. The maximum Gasteiger partial charge on any atom is 0.335 e. The average molecular weight is 335 g/mol. The lowest BCUT2D eigenvalue weighted by Crippen LogP contribution is -2.23. The Hall–Kier alpha value is -2.96. The molecule has 2 aromatic rings. The van der Waals surface area contributed by atoms with Gasteiger partial charge in [0.2, 0.25) is 0 Å². The molecule has 0 aliphatic heterocycles. The summed E-state index contributed by atoms with van der Waals surface area (Å²) >= 11 is 0. The molecule has 5 nitrogen and oxygen atoms in total. The van der Waals surface area contributed by atoms with E-state index in [1.807, 2.05) is 0 Å². The van der Waals surface area contributed by atoms with Gasteiger partial charge in [-0.3, -0.25) is 4.79 Å². The Balaban J connectivity index is 1.97. The number of ether oxygens (including phenoxy) is 1. The van der Waals surface area contributed by atoms with Crippen LogP contribution in [-0.4, -0.2) is 30.0 Å². The first-order chi connectivity index (χ1) is 11.5. The van der Waals surface area contributed by atoms with Gasteiger partial charge in [-0.1, -0.05) is 18.2 Å². The first-order valence-electron chi connectivity index (χ1n) is 7.07. The van der Waals surface area contributed by atoms with Gasteiger partial charge in [0.25, 0.3) is 12.3 Å². The maximum absolute atomic E-state index is 12.1. The Morgan fingerprint density at radius 2 is 1.79 bits per heavy atom. The number of carbonyl (C=O) groups excluding carboxylic acids is 1. The van der Waals surface area contributed by atoms with Gasteiger partial charge in [0.15, 0.2) is 0 Å². The normalized spacial score (nSPS) is 10.5. The Kier molecular flexibility index (Phi) is 5.83. The van der Waals surface area contributed by atoms with Crippen LogP contribution in [0.3, 0.4) is 0 Å². The molecule has 0 atom stereocenters. The van der Waals surface area contributed by atoms with Gasteiger partial charge in [-0.2, -0.15) is 0 Å². The summed E-state index contributed by atoms with van der Waals surface area (Å²) in [7, 11) is 0. The molecular formula is C17H15F2NO4. The molecule has 0 aliphatic rings. The van der Waals surface area contributed by atoms with Crippen molar-refractivity contribution in [3.63, 3.8) is 0 Å². The number of carboxylic acid groups (broad SMARTS) is 1. The lowest BCUT2D eigenvalue weighted by molar-refractivity contribution is 0.0696. The van der Waals surface area contributed by atoms with Crippen LogP contribution < -0.4 is 10.1 Å². The van der Waals surface area contributed by atoms with Crippen LogP contribution in [0.25, 0.3) is 0 Å². The molecule has 0 saturated carbocycles. The molecule has 0 heterocycles. The number of halogens is 2. The number of benzene rings is 2. The van der Waals surface area contributed by atoms with E-state index in [2.05, 4.69) is 5.32 Å². The van der Waals surface area contributed by atoms with Gasteiger partial charge in [-0.25, -0.2) is 13.6 Å². The van der Waals surface area contributed by atoms with Crippen molar-refractivity contribution in [3.05, 3.63) is 65.2 Å². The third-order valence-electron chi connectivity index (χ3n) is 3.10. The number of carboxylic acids is 1. The lowest BCUT2D eigenvalue weighted by Gasteiger charge is -2.09. The topological polar surface area (TPSA) is 75.6 Å². The van der Waals surface area contributed by atoms with Crippen LogP contribution in [0.2, 0.25) is 0 Å². The van der Waals surface area contributed by atoms with Crippen molar-refractivity contribution in [2.75, 3.05) is 6.61 Å². The molecule has 1 amide bonds. The first kappa shape index (κ1) is 17.4. The number of nitrogens with one attached hydrogen (secondary N) is 1. The van der Waals surface area contributed by atoms with Crippen LogP contribution in [0, 0.1) is 0 Å². The van der Waals surface area contributed by atoms with Gasteiger partial charge in [0.1, 0.15) is 12.4 Å². The molecule has 0 radical (unpaired) electrons. The Morgan fingerprint density at radius 3 is 2.50 bits per heavy atom. The van der Waals surface area contributed by atoms with Crippen LogP contribution in [0.1, 0.15) is 26.3 Å². The number of amides is 1. The highest BCUT2D eigenvalue weighted by Gasteiger charge is 2.10. The molecule has 7 heteroatoms. The second kappa shape index (κ2) is 8.05. The minimum Gasteiger partial charge on any atom is -0.488 e. The number of aromatic carboxylic acids is 1. The fourth-order valence-corrected chi connectivity index (χ4v) is 1.98. The number of alkyl halides is 2. The van der Waals surface area contributed by atoms with Gasteiger partial charge >= 0.3 is 5.97 Å². The van der Waals surface area contributed by atoms with Crippen LogP contribution in [-0.2, 0) is 6.54 Å². The summed E-state index contributed by atoms with van der Waals surface area (Å²) in [6.07, 6.45) is -2.56. The number of carbonyl (C=O) groups is 2. The molecule has 0 aliphatic carbocycles. The second-order valence-corrected chi connectivity index (χ2v) is 4.92. The largest absolute Gasteiger partial charge is 0.488 e. The SMILES string of the molecule is O=C(O)c1cccc(C(=O)NCc2cccc(OCC(F)F)c2)c1. The zero-order valence-electron chi connectivity index (χ0n) is 12.5. The van der Waals surface area contributed by atoms with Crippen LogP contribution in [0.4, 0.5) is 8.78 Å². The summed E-state index contributed by atoms with van der Waals surface area (Å²) in [4.78, 5) is 23.0. The molecule has 0 aromatic heterocycles. The molecule has 0 unspecified atom stereocenters. The van der Waals surface area contributed by atoms with Crippen LogP contribution in [0.5, 0.6) is 5.75 Å². The third-order valence-corrected chi connectivity index (χ3v) is 3.10. The van der Waals surface area contributed by atoms with E-state index in [9.17, 15) is 18.4 Å². The zero-order chi connectivity index (χ0) is 17.5. The van der Waals surface area contributed by atoms with Crippen molar-refractivity contribution >= 4 is 11.9 Å². The number of rotatable bonds is 7. The summed E-state index contributed by atoms with van der Waals surface area (Å²) in [6, 6.07) is 12.1. The maximum atomic E-state index is 12.1. The van der Waals surface area contributed by atoms with Crippen molar-refractivity contribution < 1.29 is 28.2 Å². The van der Waals surface area contributed by atoms with Crippen LogP contribution >= 0.6 is 0 Å². The molecule has 126 valence electrons. The van der Waals surface area contributed by atoms with Crippen molar-refractivity contribution in [1.82, 2.24) is 5.32 Å². The molecule has 2 N–H and O–H groups in total. The Labute approximate surface area is 136 Å². The zero-order valence-corrected chi connectivity index (χ0v) is 12.5. The van der Waals surface area contributed by atoms with Crippen molar-refractivity contribution in [3.8, 4) is 5.75 Å². The predicted octanol–water partition coefficient (Wildman–Crippen LogP) is 2.96. The van der Waals surface area contributed by atoms with E-state index in [4.69, 9.17) is 9.84 Å². The highest BCUT2D eigenvalue weighted by Crippen LogP contribution is 2.14. The number of hydrogen-bond donors (Lipinski definition) is 2. The molecule has 0 spiro atoms. The van der Waals surface area contributed by atoms with Crippen molar-refractivity contribution in [2.45, 2.75) is 13.0 Å². The van der Waals surface area contributed by atoms with Gasteiger partial charge in [0, 0.05) is 12.1 Å². The molecule has 0 saturated heterocycles. The molecular weight excluding hydrogens is 320 g/mol. The first-order valence-corrected chi connectivity index (χ1v) is 7.07. The Bertz CT molecular complexity index is 734. The van der Waals surface area contributed by atoms with Gasteiger partial charge in [-0.05, 0) is 35.9 Å². The summed E-state index contributed by atoms with van der Waals surface area (Å²) in [5, 5.41) is 11.6. The van der Waals surface area contributed by atoms with E-state index in [1.54, 1.807) is 24.3 Å². The van der Waals surface area contributed by atoms with Gasteiger partial charge < -0.3 is 15.2 Å². The van der Waals surface area contributed by atoms with E-state index in [1.165, 1.54) is 24.3 Å². The molecule has 2 rings (SSSR count). The minimum absolute atomic E-state index is 0.0186. The smallest absolute Gasteiger partial charge is 0.335 e. The summed E-state index contributed by atoms with van der Waals surface area (Å²) in [5.74, 6) is -1.26. The van der Waals surface area contributed by atoms with Gasteiger partial charge in [0.05, 0.1) is 5.56 Å². The fourth-order valence-electron chi connectivity index (χ4n) is 1.98. The highest BCUT2D eigenvalue weighted by atomic mass is 19.3.